The summed E-state index contributed by atoms with van der Waals surface area (Å²) in [6.07, 6.45) is 0.960. The first-order chi connectivity index (χ1) is 13.7. The molecule has 154 valence electrons. The number of anilines is 2. The molecule has 0 aliphatic heterocycles. The summed E-state index contributed by atoms with van der Waals surface area (Å²) in [7, 11) is 0. The number of rotatable bonds is 5. The molecule has 0 heterocycles. The van der Waals surface area contributed by atoms with Crippen LogP contribution in [0.1, 0.15) is 47.3 Å². The van der Waals surface area contributed by atoms with Gasteiger partial charge in [0.15, 0.2) is 0 Å². The lowest BCUT2D eigenvalue weighted by Gasteiger charge is -2.14. The maximum atomic E-state index is 13.7. The molecule has 0 unspecified atom stereocenters. The molecule has 2 aromatic rings. The summed E-state index contributed by atoms with van der Waals surface area (Å²) in [5, 5.41) is 5.14. The highest BCUT2D eigenvalue weighted by Crippen LogP contribution is 2.22. The van der Waals surface area contributed by atoms with Crippen LogP contribution >= 0.6 is 0 Å². The van der Waals surface area contributed by atoms with E-state index < -0.39 is 23.7 Å². The van der Waals surface area contributed by atoms with Crippen molar-refractivity contribution in [2.45, 2.75) is 40.5 Å². The third-order valence-electron chi connectivity index (χ3n) is 4.33. The number of hydroxylamine groups is 1. The minimum absolute atomic E-state index is 0.0563. The van der Waals surface area contributed by atoms with E-state index in [0.717, 1.165) is 29.7 Å². The molecule has 0 saturated heterocycles. The topological polar surface area (TPSA) is 96.5 Å². The lowest BCUT2D eigenvalue weighted by Crippen LogP contribution is -2.28. The Bertz CT molecular complexity index is 921. The van der Waals surface area contributed by atoms with Crippen molar-refractivity contribution in [3.8, 4) is 0 Å². The zero-order chi connectivity index (χ0) is 21.6. The van der Waals surface area contributed by atoms with Gasteiger partial charge < -0.3 is 15.5 Å². The largest absolute Gasteiger partial charge is 0.341 e. The summed E-state index contributed by atoms with van der Waals surface area (Å²) >= 11 is 0. The number of urea groups is 1. The second-order valence-electron chi connectivity index (χ2n) is 6.47. The quantitative estimate of drug-likeness (QED) is 0.653. The van der Waals surface area contributed by atoms with E-state index in [4.69, 9.17) is 0 Å². The Morgan fingerprint density at radius 2 is 1.66 bits per heavy atom. The van der Waals surface area contributed by atoms with Crippen LogP contribution in [0.15, 0.2) is 30.3 Å². The number of hydrogen-bond acceptors (Lipinski definition) is 4. The fraction of sp³-hybridized carbons (Fsp3) is 0.286. The van der Waals surface area contributed by atoms with Gasteiger partial charge in [0.2, 0.25) is 0 Å². The van der Waals surface area contributed by atoms with Gasteiger partial charge in [0.05, 0.1) is 11.3 Å². The predicted molar refractivity (Wildman–Crippen MR) is 108 cm³/mol. The number of aryl methyl sites for hydroxylation is 2. The molecule has 0 aromatic heterocycles. The van der Waals surface area contributed by atoms with E-state index >= 15 is 0 Å². The van der Waals surface area contributed by atoms with Gasteiger partial charge in [-0.05, 0) is 67.3 Å². The van der Waals surface area contributed by atoms with Gasteiger partial charge in [-0.25, -0.2) is 14.0 Å². The highest BCUT2D eigenvalue weighted by molar-refractivity contribution is 6.06. The van der Waals surface area contributed by atoms with Gasteiger partial charge in [-0.3, -0.25) is 4.79 Å². The van der Waals surface area contributed by atoms with Crippen molar-refractivity contribution in [2.75, 3.05) is 10.6 Å². The second-order valence-corrected chi connectivity index (χ2v) is 6.47. The molecule has 0 fully saturated rings. The molecule has 0 saturated carbocycles. The van der Waals surface area contributed by atoms with E-state index in [-0.39, 0.29) is 17.7 Å². The molecule has 3 amide bonds. The molecule has 2 aromatic carbocycles. The molecular formula is C21H24FN3O4. The molecule has 29 heavy (non-hydrogen) atoms. The van der Waals surface area contributed by atoms with Crippen LogP contribution in [-0.4, -0.2) is 17.9 Å². The summed E-state index contributed by atoms with van der Waals surface area (Å²) in [5.74, 6) is -2.06. The standard InChI is InChI=1S/C21H24FN3O4/c1-5-16-12(3)9-15(10-13(16)4)23-21(28)24-18-11-14(22)7-8-17(18)20(27)25-29-19(26)6-2/h7-11H,5-6H2,1-4H3,(H,25,27)(H2,23,24,28). The molecule has 7 nitrogen and oxygen atoms in total. The molecule has 2 rings (SSSR count). The molecule has 3 N–H and O–H groups in total. The maximum Gasteiger partial charge on any atom is 0.331 e. The zero-order valence-corrected chi connectivity index (χ0v) is 16.8. The van der Waals surface area contributed by atoms with Crippen LogP contribution in [-0.2, 0) is 16.1 Å². The van der Waals surface area contributed by atoms with E-state index in [2.05, 4.69) is 22.4 Å². The van der Waals surface area contributed by atoms with Gasteiger partial charge in [0.25, 0.3) is 5.91 Å². The minimum atomic E-state index is -0.791. The summed E-state index contributed by atoms with van der Waals surface area (Å²) in [6.45, 7) is 7.55. The Kier molecular flexibility index (Phi) is 7.30. The second kappa shape index (κ2) is 9.68. The van der Waals surface area contributed by atoms with Crippen molar-refractivity contribution in [1.29, 1.82) is 0 Å². The predicted octanol–water partition coefficient (Wildman–Crippen LogP) is 4.25. The van der Waals surface area contributed by atoms with Crippen LogP contribution in [0.25, 0.3) is 0 Å². The van der Waals surface area contributed by atoms with Crippen molar-refractivity contribution < 1.29 is 23.6 Å². The van der Waals surface area contributed by atoms with Crippen LogP contribution in [0.4, 0.5) is 20.6 Å². The van der Waals surface area contributed by atoms with Crippen LogP contribution in [0.3, 0.4) is 0 Å². The fourth-order valence-corrected chi connectivity index (χ4v) is 2.96. The van der Waals surface area contributed by atoms with E-state index in [1.54, 1.807) is 6.92 Å². The Hall–Kier alpha value is -3.42. The lowest BCUT2D eigenvalue weighted by molar-refractivity contribution is -0.148. The normalized spacial score (nSPS) is 10.2. The first-order valence-electron chi connectivity index (χ1n) is 9.22. The number of carbonyl (C=O) groups excluding carboxylic acids is 3. The molecule has 0 aliphatic rings. The average molecular weight is 401 g/mol. The number of hydrogen-bond donors (Lipinski definition) is 3. The fourth-order valence-electron chi connectivity index (χ4n) is 2.96. The third-order valence-corrected chi connectivity index (χ3v) is 4.33. The Labute approximate surface area is 168 Å². The molecule has 0 radical (unpaired) electrons. The van der Waals surface area contributed by atoms with Gasteiger partial charge in [0.1, 0.15) is 5.82 Å². The molecule has 8 heteroatoms. The van der Waals surface area contributed by atoms with Gasteiger partial charge in [-0.1, -0.05) is 13.8 Å². The van der Waals surface area contributed by atoms with Crippen LogP contribution in [0.5, 0.6) is 0 Å². The average Bonchev–Trinajstić information content (AvgIpc) is 2.65. The number of nitrogens with one attached hydrogen (secondary N) is 3. The summed E-state index contributed by atoms with van der Waals surface area (Å²) in [6, 6.07) is 6.30. The molecular weight excluding hydrogens is 377 g/mol. The third kappa shape index (κ3) is 5.78. The minimum Gasteiger partial charge on any atom is -0.341 e. The van der Waals surface area contributed by atoms with Crippen LogP contribution in [0, 0.1) is 19.7 Å². The van der Waals surface area contributed by atoms with Crippen molar-refractivity contribution in [3.63, 3.8) is 0 Å². The summed E-state index contributed by atoms with van der Waals surface area (Å²) in [5.41, 5.74) is 5.74. The first-order valence-corrected chi connectivity index (χ1v) is 9.22. The van der Waals surface area contributed by atoms with Crippen molar-refractivity contribution in [2.24, 2.45) is 0 Å². The number of benzene rings is 2. The summed E-state index contributed by atoms with van der Waals surface area (Å²) < 4.78 is 13.7. The van der Waals surface area contributed by atoms with E-state index in [1.807, 2.05) is 31.5 Å². The number of amides is 3. The van der Waals surface area contributed by atoms with Crippen molar-refractivity contribution in [3.05, 3.63) is 58.4 Å². The van der Waals surface area contributed by atoms with E-state index in [9.17, 15) is 18.8 Å². The summed E-state index contributed by atoms with van der Waals surface area (Å²) in [4.78, 5) is 40.4. The Morgan fingerprint density at radius 1 is 1.00 bits per heavy atom. The SMILES string of the molecule is CCC(=O)ONC(=O)c1ccc(F)cc1NC(=O)Nc1cc(C)c(CC)c(C)c1. The van der Waals surface area contributed by atoms with Gasteiger partial charge in [-0.15, -0.1) is 0 Å². The monoisotopic (exact) mass is 401 g/mol. The highest BCUT2D eigenvalue weighted by Gasteiger charge is 2.16. The lowest BCUT2D eigenvalue weighted by atomic mass is 10.00. The molecule has 0 aliphatic carbocycles. The van der Waals surface area contributed by atoms with Gasteiger partial charge >= 0.3 is 12.0 Å². The zero-order valence-electron chi connectivity index (χ0n) is 16.8. The maximum absolute atomic E-state index is 13.7. The van der Waals surface area contributed by atoms with Crippen LogP contribution in [0.2, 0.25) is 0 Å². The number of carbonyl (C=O) groups is 3. The van der Waals surface area contributed by atoms with Crippen molar-refractivity contribution >= 4 is 29.3 Å². The van der Waals surface area contributed by atoms with Gasteiger partial charge in [-0.2, -0.15) is 5.48 Å². The molecule has 0 bridgehead atoms. The Balaban J connectivity index is 2.16. The molecule has 0 spiro atoms. The molecule has 0 atom stereocenters. The van der Waals surface area contributed by atoms with E-state index in [0.29, 0.717) is 5.69 Å². The highest BCUT2D eigenvalue weighted by atomic mass is 19.1. The van der Waals surface area contributed by atoms with Crippen LogP contribution < -0.4 is 16.1 Å². The number of halogens is 1. The first kappa shape index (κ1) is 21.9. The van der Waals surface area contributed by atoms with E-state index in [1.165, 1.54) is 11.6 Å². The smallest absolute Gasteiger partial charge is 0.331 e. The van der Waals surface area contributed by atoms with Gasteiger partial charge in [0, 0.05) is 12.1 Å². The van der Waals surface area contributed by atoms with Crippen molar-refractivity contribution in [1.82, 2.24) is 5.48 Å². The Morgan fingerprint density at radius 3 is 2.24 bits per heavy atom.